The van der Waals surface area contributed by atoms with Crippen molar-refractivity contribution >= 4 is 5.95 Å². The van der Waals surface area contributed by atoms with Crippen molar-refractivity contribution in [3.8, 4) is 0 Å². The minimum absolute atomic E-state index is 0.0286. The van der Waals surface area contributed by atoms with Gasteiger partial charge in [-0.05, 0) is 18.9 Å². The number of anilines is 1. The van der Waals surface area contributed by atoms with Crippen molar-refractivity contribution in [2.24, 2.45) is 5.41 Å². The Hall–Kier alpha value is -1.16. The maximum atomic E-state index is 9.39. The van der Waals surface area contributed by atoms with Crippen LogP contribution in [-0.2, 0) is 0 Å². The SMILES string of the molecule is C[C@@]1(CO)CCC[C@H]1Nc1ncccn1. The molecule has 0 saturated heterocycles. The molecule has 2 atom stereocenters. The lowest BCUT2D eigenvalue weighted by atomic mass is 9.86. The largest absolute Gasteiger partial charge is 0.396 e. The summed E-state index contributed by atoms with van der Waals surface area (Å²) in [5.74, 6) is 0.657. The molecule has 0 bridgehead atoms. The van der Waals surface area contributed by atoms with E-state index in [0.29, 0.717) is 5.95 Å². The van der Waals surface area contributed by atoms with Crippen LogP contribution in [0.3, 0.4) is 0 Å². The number of aromatic nitrogens is 2. The molecular formula is C11H17N3O. The molecule has 1 fully saturated rings. The highest BCUT2D eigenvalue weighted by Crippen LogP contribution is 2.38. The molecule has 0 spiro atoms. The van der Waals surface area contributed by atoms with Crippen LogP contribution < -0.4 is 5.32 Å². The fraction of sp³-hybridized carbons (Fsp3) is 0.636. The number of nitrogens with zero attached hydrogens (tertiary/aromatic N) is 2. The number of rotatable bonds is 3. The van der Waals surface area contributed by atoms with Gasteiger partial charge < -0.3 is 10.4 Å². The average Bonchev–Trinajstić information content (AvgIpc) is 2.63. The molecule has 1 saturated carbocycles. The normalized spacial score (nSPS) is 30.4. The fourth-order valence-electron chi connectivity index (χ4n) is 2.20. The van der Waals surface area contributed by atoms with Crippen LogP contribution in [0.1, 0.15) is 26.2 Å². The second kappa shape index (κ2) is 4.14. The summed E-state index contributed by atoms with van der Waals surface area (Å²) in [5.41, 5.74) is -0.0286. The monoisotopic (exact) mass is 207 g/mol. The lowest BCUT2D eigenvalue weighted by Crippen LogP contribution is -2.36. The van der Waals surface area contributed by atoms with Crippen molar-refractivity contribution in [2.45, 2.75) is 32.2 Å². The van der Waals surface area contributed by atoms with Gasteiger partial charge in [0.25, 0.3) is 0 Å². The first-order valence-electron chi connectivity index (χ1n) is 5.39. The predicted molar refractivity (Wildman–Crippen MR) is 58.5 cm³/mol. The molecule has 1 aromatic rings. The average molecular weight is 207 g/mol. The van der Waals surface area contributed by atoms with E-state index in [-0.39, 0.29) is 18.1 Å². The van der Waals surface area contributed by atoms with Crippen LogP contribution in [0.25, 0.3) is 0 Å². The first-order valence-corrected chi connectivity index (χ1v) is 5.39. The number of nitrogens with one attached hydrogen (secondary N) is 1. The number of hydrogen-bond donors (Lipinski definition) is 2. The Labute approximate surface area is 89.8 Å². The molecule has 2 rings (SSSR count). The maximum Gasteiger partial charge on any atom is 0.222 e. The van der Waals surface area contributed by atoms with Crippen LogP contribution in [0, 0.1) is 5.41 Å². The van der Waals surface area contributed by atoms with Crippen molar-refractivity contribution < 1.29 is 5.11 Å². The van der Waals surface area contributed by atoms with Gasteiger partial charge in [-0.3, -0.25) is 0 Å². The summed E-state index contributed by atoms with van der Waals surface area (Å²) in [4.78, 5) is 8.28. The summed E-state index contributed by atoms with van der Waals surface area (Å²) in [7, 11) is 0. The van der Waals surface area contributed by atoms with Gasteiger partial charge in [0, 0.05) is 23.9 Å². The molecule has 2 N–H and O–H groups in total. The Morgan fingerprint density at radius 2 is 2.27 bits per heavy atom. The van der Waals surface area contributed by atoms with Crippen LogP contribution in [0.4, 0.5) is 5.95 Å². The van der Waals surface area contributed by atoms with Gasteiger partial charge in [-0.1, -0.05) is 13.3 Å². The highest BCUT2D eigenvalue weighted by atomic mass is 16.3. The Bertz CT molecular complexity index is 317. The fourth-order valence-corrected chi connectivity index (χ4v) is 2.20. The summed E-state index contributed by atoms with van der Waals surface area (Å²) in [6.45, 7) is 2.33. The van der Waals surface area contributed by atoms with Gasteiger partial charge in [-0.15, -0.1) is 0 Å². The second-order valence-electron chi connectivity index (χ2n) is 4.47. The number of aliphatic hydroxyl groups excluding tert-OH is 1. The van der Waals surface area contributed by atoms with Crippen molar-refractivity contribution in [2.75, 3.05) is 11.9 Å². The van der Waals surface area contributed by atoms with Crippen LogP contribution in [0.5, 0.6) is 0 Å². The third-order valence-corrected chi connectivity index (χ3v) is 3.31. The molecule has 0 radical (unpaired) electrons. The minimum atomic E-state index is -0.0286. The molecule has 1 aliphatic rings. The van der Waals surface area contributed by atoms with E-state index in [4.69, 9.17) is 0 Å². The Morgan fingerprint density at radius 3 is 2.93 bits per heavy atom. The van der Waals surface area contributed by atoms with Gasteiger partial charge in [0.1, 0.15) is 0 Å². The van der Waals surface area contributed by atoms with Crippen molar-refractivity contribution in [3.05, 3.63) is 18.5 Å². The molecule has 0 aliphatic heterocycles. The van der Waals surface area contributed by atoms with Gasteiger partial charge in [0.2, 0.25) is 5.95 Å². The van der Waals surface area contributed by atoms with E-state index in [2.05, 4.69) is 22.2 Å². The highest BCUT2D eigenvalue weighted by Gasteiger charge is 2.38. The quantitative estimate of drug-likeness (QED) is 0.787. The summed E-state index contributed by atoms with van der Waals surface area (Å²) in [6, 6.07) is 2.08. The topological polar surface area (TPSA) is 58.0 Å². The zero-order valence-electron chi connectivity index (χ0n) is 8.98. The van der Waals surface area contributed by atoms with Gasteiger partial charge in [-0.2, -0.15) is 0 Å². The van der Waals surface area contributed by atoms with E-state index in [1.807, 2.05) is 0 Å². The van der Waals surface area contributed by atoms with E-state index >= 15 is 0 Å². The first kappa shape index (κ1) is 10.4. The smallest absolute Gasteiger partial charge is 0.222 e. The number of aliphatic hydroxyl groups is 1. The third kappa shape index (κ3) is 2.09. The Balaban J connectivity index is 2.06. The van der Waals surface area contributed by atoms with E-state index < -0.39 is 0 Å². The maximum absolute atomic E-state index is 9.39. The van der Waals surface area contributed by atoms with Crippen LogP contribution in [0.15, 0.2) is 18.5 Å². The third-order valence-electron chi connectivity index (χ3n) is 3.31. The molecule has 1 aliphatic carbocycles. The molecule has 4 nitrogen and oxygen atoms in total. The van der Waals surface area contributed by atoms with Crippen molar-refractivity contribution in [3.63, 3.8) is 0 Å². The van der Waals surface area contributed by atoms with E-state index in [0.717, 1.165) is 19.3 Å². The number of hydrogen-bond acceptors (Lipinski definition) is 4. The molecule has 0 amide bonds. The van der Waals surface area contributed by atoms with E-state index in [1.165, 1.54) is 0 Å². The van der Waals surface area contributed by atoms with Crippen LogP contribution >= 0.6 is 0 Å². The van der Waals surface area contributed by atoms with Gasteiger partial charge >= 0.3 is 0 Å². The summed E-state index contributed by atoms with van der Waals surface area (Å²) in [6.07, 6.45) is 6.74. The van der Waals surface area contributed by atoms with Crippen LogP contribution in [0.2, 0.25) is 0 Å². The zero-order chi connectivity index (χ0) is 10.7. The van der Waals surface area contributed by atoms with Gasteiger partial charge in [-0.25, -0.2) is 9.97 Å². The standard InChI is InChI=1S/C11H17N3O/c1-11(8-15)5-2-4-9(11)14-10-12-6-3-7-13-10/h3,6-7,9,15H,2,4-5,8H2,1H3,(H,12,13,14)/t9-,11+/m1/s1. The van der Waals surface area contributed by atoms with E-state index in [9.17, 15) is 5.11 Å². The second-order valence-corrected chi connectivity index (χ2v) is 4.47. The molecule has 1 aromatic heterocycles. The predicted octanol–water partition coefficient (Wildman–Crippen LogP) is 1.44. The molecule has 4 heteroatoms. The molecule has 1 heterocycles. The van der Waals surface area contributed by atoms with Crippen molar-refractivity contribution in [1.29, 1.82) is 0 Å². The molecule has 0 aromatic carbocycles. The lowest BCUT2D eigenvalue weighted by Gasteiger charge is -2.29. The van der Waals surface area contributed by atoms with Gasteiger partial charge in [0.15, 0.2) is 0 Å². The van der Waals surface area contributed by atoms with Crippen LogP contribution in [-0.4, -0.2) is 27.7 Å². The highest BCUT2D eigenvalue weighted by molar-refractivity contribution is 5.26. The van der Waals surface area contributed by atoms with Gasteiger partial charge in [0.05, 0.1) is 6.61 Å². The summed E-state index contributed by atoms with van der Waals surface area (Å²) in [5, 5.41) is 12.7. The van der Waals surface area contributed by atoms with Crippen molar-refractivity contribution in [1.82, 2.24) is 9.97 Å². The molecule has 15 heavy (non-hydrogen) atoms. The minimum Gasteiger partial charge on any atom is -0.396 e. The molecule has 82 valence electrons. The van der Waals surface area contributed by atoms with E-state index in [1.54, 1.807) is 18.5 Å². The first-order chi connectivity index (χ1) is 7.24. The summed E-state index contributed by atoms with van der Waals surface area (Å²) >= 11 is 0. The molecular weight excluding hydrogens is 190 g/mol. The Morgan fingerprint density at radius 1 is 1.53 bits per heavy atom. The lowest BCUT2D eigenvalue weighted by molar-refractivity contribution is 0.138. The molecule has 0 unspecified atom stereocenters. The zero-order valence-corrected chi connectivity index (χ0v) is 8.98. The Kier molecular flexibility index (Phi) is 2.86. The summed E-state index contributed by atoms with van der Waals surface area (Å²) < 4.78 is 0.